The molecule has 0 aliphatic carbocycles. The highest BCUT2D eigenvalue weighted by Gasteiger charge is 2.37. The van der Waals surface area contributed by atoms with Gasteiger partial charge in [0.05, 0.1) is 5.39 Å². The van der Waals surface area contributed by atoms with Crippen LogP contribution in [0.3, 0.4) is 0 Å². The Kier molecular flexibility index (Phi) is 2.77. The van der Waals surface area contributed by atoms with Crippen molar-refractivity contribution in [2.75, 3.05) is 18.0 Å². The summed E-state index contributed by atoms with van der Waals surface area (Å²) in [5.74, 6) is 1.85. The minimum atomic E-state index is 0.383. The zero-order chi connectivity index (χ0) is 13.6. The van der Waals surface area contributed by atoms with Crippen LogP contribution in [0.5, 0.6) is 0 Å². The normalized spacial score (nSPS) is 16.9. The van der Waals surface area contributed by atoms with Crippen molar-refractivity contribution >= 4 is 16.9 Å². The van der Waals surface area contributed by atoms with E-state index >= 15 is 0 Å². The van der Waals surface area contributed by atoms with Crippen molar-refractivity contribution in [3.05, 3.63) is 18.1 Å². The van der Waals surface area contributed by atoms with Gasteiger partial charge in [-0.05, 0) is 23.3 Å². The van der Waals surface area contributed by atoms with E-state index in [2.05, 4.69) is 53.7 Å². The highest BCUT2D eigenvalue weighted by Crippen LogP contribution is 2.38. The lowest BCUT2D eigenvalue weighted by molar-refractivity contribution is 0.195. The van der Waals surface area contributed by atoms with E-state index in [1.807, 2.05) is 0 Å². The van der Waals surface area contributed by atoms with E-state index in [0.29, 0.717) is 5.41 Å². The third kappa shape index (κ3) is 1.99. The lowest BCUT2D eigenvalue weighted by Crippen LogP contribution is -2.52. The number of rotatable bonds is 2. The molecule has 0 atom stereocenters. The molecule has 0 radical (unpaired) electrons. The molecular weight excluding hydrogens is 236 g/mol. The number of fused-ring (bicyclic) bond motifs is 1. The van der Waals surface area contributed by atoms with Crippen LogP contribution in [-0.2, 0) is 6.42 Å². The molecule has 3 heterocycles. The van der Waals surface area contributed by atoms with Crippen LogP contribution >= 0.6 is 0 Å². The van der Waals surface area contributed by atoms with Crippen LogP contribution < -0.4 is 4.90 Å². The lowest BCUT2D eigenvalue weighted by Gasteiger charge is -2.47. The Morgan fingerprint density at radius 2 is 2.05 bits per heavy atom. The van der Waals surface area contributed by atoms with Crippen LogP contribution in [0.2, 0.25) is 0 Å². The molecule has 2 aromatic rings. The zero-order valence-corrected chi connectivity index (χ0v) is 12.2. The molecule has 19 heavy (non-hydrogen) atoms. The maximum absolute atomic E-state index is 4.52. The fraction of sp³-hybridized carbons (Fsp3) is 0.600. The summed E-state index contributed by atoms with van der Waals surface area (Å²) >= 11 is 0. The number of nitrogens with zero attached hydrogens (tertiary/aromatic N) is 3. The SMILES string of the molecule is CCc1c[nH]c2ncnc(N3CC(C(C)(C)C)C3)c12. The molecule has 1 saturated heterocycles. The van der Waals surface area contributed by atoms with E-state index in [9.17, 15) is 0 Å². The first-order valence-corrected chi connectivity index (χ1v) is 7.06. The van der Waals surface area contributed by atoms with Gasteiger partial charge in [0, 0.05) is 19.3 Å². The van der Waals surface area contributed by atoms with Crippen molar-refractivity contribution in [2.24, 2.45) is 11.3 Å². The molecule has 1 N–H and O–H groups in total. The minimum Gasteiger partial charge on any atom is -0.355 e. The number of H-pyrrole nitrogens is 1. The van der Waals surface area contributed by atoms with Gasteiger partial charge in [-0.3, -0.25) is 0 Å². The molecule has 0 bridgehead atoms. The predicted octanol–water partition coefficient (Wildman–Crippen LogP) is 3.00. The number of aryl methyl sites for hydroxylation is 1. The fourth-order valence-corrected chi connectivity index (χ4v) is 2.73. The third-order valence-corrected chi connectivity index (χ3v) is 4.32. The average Bonchev–Trinajstić information content (AvgIpc) is 2.68. The molecule has 0 saturated carbocycles. The highest BCUT2D eigenvalue weighted by molar-refractivity contribution is 5.91. The van der Waals surface area contributed by atoms with Crippen LogP contribution in [0.25, 0.3) is 11.0 Å². The molecule has 3 rings (SSSR count). The van der Waals surface area contributed by atoms with Gasteiger partial charge in [0.1, 0.15) is 17.8 Å². The Bertz CT molecular complexity index is 588. The van der Waals surface area contributed by atoms with Gasteiger partial charge in [0.2, 0.25) is 0 Å². The average molecular weight is 258 g/mol. The molecule has 0 unspecified atom stereocenters. The molecule has 1 aliphatic rings. The number of hydrogen-bond donors (Lipinski definition) is 1. The van der Waals surface area contributed by atoms with Crippen LogP contribution in [-0.4, -0.2) is 28.0 Å². The Hall–Kier alpha value is -1.58. The van der Waals surface area contributed by atoms with E-state index in [1.165, 1.54) is 10.9 Å². The van der Waals surface area contributed by atoms with Crippen molar-refractivity contribution in [3.63, 3.8) is 0 Å². The second kappa shape index (κ2) is 4.22. The Morgan fingerprint density at radius 1 is 1.32 bits per heavy atom. The van der Waals surface area contributed by atoms with Gasteiger partial charge in [-0.1, -0.05) is 27.7 Å². The first-order chi connectivity index (χ1) is 9.00. The van der Waals surface area contributed by atoms with Crippen molar-refractivity contribution in [1.29, 1.82) is 0 Å². The molecule has 0 amide bonds. The van der Waals surface area contributed by atoms with E-state index < -0.39 is 0 Å². The van der Waals surface area contributed by atoms with Gasteiger partial charge in [-0.2, -0.15) is 0 Å². The summed E-state index contributed by atoms with van der Waals surface area (Å²) in [6, 6.07) is 0. The molecule has 4 heteroatoms. The number of aromatic amines is 1. The molecule has 0 aromatic carbocycles. The van der Waals surface area contributed by atoms with Gasteiger partial charge >= 0.3 is 0 Å². The van der Waals surface area contributed by atoms with E-state index in [-0.39, 0.29) is 0 Å². The van der Waals surface area contributed by atoms with Gasteiger partial charge in [-0.25, -0.2) is 9.97 Å². The molecular formula is C15H22N4. The Labute approximate surface area is 114 Å². The molecule has 2 aromatic heterocycles. The van der Waals surface area contributed by atoms with Crippen molar-refractivity contribution < 1.29 is 0 Å². The topological polar surface area (TPSA) is 44.8 Å². The summed E-state index contributed by atoms with van der Waals surface area (Å²) in [5.41, 5.74) is 2.65. The fourth-order valence-electron chi connectivity index (χ4n) is 2.73. The number of anilines is 1. The van der Waals surface area contributed by atoms with Crippen molar-refractivity contribution in [2.45, 2.75) is 34.1 Å². The number of aromatic nitrogens is 3. The van der Waals surface area contributed by atoms with Crippen molar-refractivity contribution in [3.8, 4) is 0 Å². The van der Waals surface area contributed by atoms with Gasteiger partial charge in [0.25, 0.3) is 0 Å². The van der Waals surface area contributed by atoms with Gasteiger partial charge in [0.15, 0.2) is 0 Å². The van der Waals surface area contributed by atoms with Crippen LogP contribution in [0.4, 0.5) is 5.82 Å². The Morgan fingerprint density at radius 3 is 2.68 bits per heavy atom. The second-order valence-corrected chi connectivity index (χ2v) is 6.56. The van der Waals surface area contributed by atoms with Gasteiger partial charge in [-0.15, -0.1) is 0 Å². The summed E-state index contributed by atoms with van der Waals surface area (Å²) in [7, 11) is 0. The van der Waals surface area contributed by atoms with E-state index in [1.54, 1.807) is 6.33 Å². The molecule has 0 spiro atoms. The molecule has 102 valence electrons. The van der Waals surface area contributed by atoms with Crippen LogP contribution in [0.15, 0.2) is 12.5 Å². The lowest BCUT2D eigenvalue weighted by atomic mass is 9.76. The summed E-state index contributed by atoms with van der Waals surface area (Å²) in [6.07, 6.45) is 4.73. The van der Waals surface area contributed by atoms with Gasteiger partial charge < -0.3 is 9.88 Å². The first kappa shape index (κ1) is 12.5. The monoisotopic (exact) mass is 258 g/mol. The Balaban J connectivity index is 1.92. The van der Waals surface area contributed by atoms with E-state index in [0.717, 1.165) is 36.9 Å². The minimum absolute atomic E-state index is 0.383. The number of nitrogens with one attached hydrogen (secondary N) is 1. The third-order valence-electron chi connectivity index (χ3n) is 4.32. The maximum atomic E-state index is 4.52. The summed E-state index contributed by atoms with van der Waals surface area (Å²) in [6.45, 7) is 11.3. The summed E-state index contributed by atoms with van der Waals surface area (Å²) < 4.78 is 0. The molecule has 1 fully saturated rings. The van der Waals surface area contributed by atoms with Crippen molar-refractivity contribution in [1.82, 2.24) is 15.0 Å². The smallest absolute Gasteiger partial charge is 0.143 e. The standard InChI is InChI=1S/C15H22N4/c1-5-10-6-16-13-12(10)14(18-9-17-13)19-7-11(8-19)15(2,3)4/h6,9,11H,5,7-8H2,1-4H3,(H,16,17,18). The quantitative estimate of drug-likeness (QED) is 0.900. The van der Waals surface area contributed by atoms with E-state index in [4.69, 9.17) is 0 Å². The largest absolute Gasteiger partial charge is 0.355 e. The zero-order valence-electron chi connectivity index (χ0n) is 12.2. The summed E-state index contributed by atoms with van der Waals surface area (Å²) in [4.78, 5) is 14.5. The van der Waals surface area contributed by atoms with Crippen LogP contribution in [0, 0.1) is 11.3 Å². The highest BCUT2D eigenvalue weighted by atomic mass is 15.2. The molecule has 4 nitrogen and oxygen atoms in total. The first-order valence-electron chi connectivity index (χ1n) is 7.06. The number of hydrogen-bond acceptors (Lipinski definition) is 3. The second-order valence-electron chi connectivity index (χ2n) is 6.56. The maximum Gasteiger partial charge on any atom is 0.143 e. The van der Waals surface area contributed by atoms with Crippen LogP contribution in [0.1, 0.15) is 33.3 Å². The summed E-state index contributed by atoms with van der Waals surface area (Å²) in [5, 5.41) is 1.21. The molecule has 1 aliphatic heterocycles. The predicted molar refractivity (Wildman–Crippen MR) is 78.4 cm³/mol.